The van der Waals surface area contributed by atoms with Crippen LogP contribution < -0.4 is 0 Å². The Balaban J connectivity index is 0. The van der Waals surface area contributed by atoms with E-state index in [0.717, 1.165) is 0 Å². The smallest absolute Gasteiger partial charge is 0.143 e. The second-order valence-corrected chi connectivity index (χ2v) is 1.04. The van der Waals surface area contributed by atoms with E-state index in [9.17, 15) is 4.79 Å². The molecule has 0 amide bonds. The number of Topliss-reactive ketones (excluding diaryl/α,β-unsaturated/α-hetero) is 1. The van der Waals surface area contributed by atoms with Crippen molar-refractivity contribution in [2.75, 3.05) is 0 Å². The molecule has 0 N–H and O–H groups in total. The molecule has 0 saturated carbocycles. The van der Waals surface area contributed by atoms with E-state index in [1.165, 1.54) is 6.92 Å². The Hall–Kier alpha value is -0.840. The van der Waals surface area contributed by atoms with Crippen molar-refractivity contribution in [2.45, 2.75) is 27.2 Å². The van der Waals surface area contributed by atoms with E-state index in [2.05, 4.69) is 0 Å². The van der Waals surface area contributed by atoms with Crippen molar-refractivity contribution in [1.29, 1.82) is 5.26 Å². The highest BCUT2D eigenvalue weighted by molar-refractivity contribution is 5.77. The lowest BCUT2D eigenvalue weighted by Crippen LogP contribution is -1.82. The summed E-state index contributed by atoms with van der Waals surface area (Å²) in [7, 11) is 0. The van der Waals surface area contributed by atoms with Crippen molar-refractivity contribution in [3.63, 3.8) is 0 Å². The fraction of sp³-hybridized carbons (Fsp3) is 0.667. The summed E-state index contributed by atoms with van der Waals surface area (Å²) in [4.78, 5) is 9.82. The number of carbonyl (C=O) groups excluding carboxylic acids is 1. The van der Waals surface area contributed by atoms with Crippen LogP contribution in [0, 0.1) is 11.3 Å². The van der Waals surface area contributed by atoms with E-state index in [1.54, 1.807) is 6.07 Å². The van der Waals surface area contributed by atoms with Crippen LogP contribution in [-0.2, 0) is 4.79 Å². The van der Waals surface area contributed by atoms with Gasteiger partial charge in [-0.15, -0.1) is 0 Å². The molecule has 0 aromatic heterocycles. The van der Waals surface area contributed by atoms with E-state index >= 15 is 0 Å². The third-order valence-corrected chi connectivity index (χ3v) is 0.328. The van der Waals surface area contributed by atoms with Gasteiger partial charge in [0.15, 0.2) is 0 Å². The maximum atomic E-state index is 9.82. The molecule has 0 heterocycles. The van der Waals surface area contributed by atoms with Crippen LogP contribution in [0.15, 0.2) is 0 Å². The molecule has 0 aliphatic heterocycles. The Bertz CT molecular complexity index is 91.2. The molecule has 0 radical (unpaired) electrons. The van der Waals surface area contributed by atoms with Crippen LogP contribution >= 0.6 is 0 Å². The van der Waals surface area contributed by atoms with Gasteiger partial charge in [-0.1, -0.05) is 13.8 Å². The zero-order valence-electron chi connectivity index (χ0n) is 5.56. The van der Waals surface area contributed by atoms with E-state index in [0.29, 0.717) is 0 Å². The predicted molar refractivity (Wildman–Crippen MR) is 32.3 cm³/mol. The first-order valence-corrected chi connectivity index (χ1v) is 2.63. The highest BCUT2D eigenvalue weighted by Crippen LogP contribution is 1.72. The van der Waals surface area contributed by atoms with Crippen molar-refractivity contribution >= 4 is 5.78 Å². The van der Waals surface area contributed by atoms with Gasteiger partial charge in [0.05, 0.1) is 12.5 Å². The second kappa shape index (κ2) is 9.48. The molecule has 2 nitrogen and oxygen atoms in total. The second-order valence-electron chi connectivity index (χ2n) is 1.04. The number of nitrogens with zero attached hydrogens (tertiary/aromatic N) is 1. The number of rotatable bonds is 1. The van der Waals surface area contributed by atoms with E-state index in [-0.39, 0.29) is 12.2 Å². The minimum absolute atomic E-state index is 0.0417. The molecule has 0 atom stereocenters. The normalized spacial score (nSPS) is 5.75. The summed E-state index contributed by atoms with van der Waals surface area (Å²) in [5.74, 6) is -0.0718. The molecule has 0 aromatic carbocycles. The molecule has 0 spiro atoms. The molecule has 0 fully saturated rings. The molecular weight excluding hydrogens is 102 g/mol. The van der Waals surface area contributed by atoms with E-state index in [4.69, 9.17) is 5.26 Å². The van der Waals surface area contributed by atoms with Gasteiger partial charge in [0.1, 0.15) is 5.78 Å². The third kappa shape index (κ3) is 19.1. The number of ketones is 1. The summed E-state index contributed by atoms with van der Waals surface area (Å²) in [6, 6.07) is 1.72. The van der Waals surface area contributed by atoms with Crippen LogP contribution in [0.2, 0.25) is 0 Å². The van der Waals surface area contributed by atoms with Gasteiger partial charge in [0, 0.05) is 0 Å². The lowest BCUT2D eigenvalue weighted by Gasteiger charge is -1.69. The maximum absolute atomic E-state index is 9.82. The quantitative estimate of drug-likeness (QED) is 0.517. The molecule has 8 heavy (non-hydrogen) atoms. The molecule has 0 bridgehead atoms. The van der Waals surface area contributed by atoms with Crippen molar-refractivity contribution in [3.8, 4) is 6.07 Å². The largest absolute Gasteiger partial charge is 0.299 e. The molecule has 0 unspecified atom stereocenters. The SMILES string of the molecule is CC.CC(=O)CC#N. The first-order valence-electron chi connectivity index (χ1n) is 2.63. The number of nitriles is 1. The molecule has 0 rings (SSSR count). The molecule has 0 aromatic rings. The van der Waals surface area contributed by atoms with Crippen LogP contribution in [0.1, 0.15) is 27.2 Å². The Morgan fingerprint density at radius 2 is 2.00 bits per heavy atom. The van der Waals surface area contributed by atoms with Gasteiger partial charge in [-0.05, 0) is 6.92 Å². The van der Waals surface area contributed by atoms with Gasteiger partial charge in [-0.3, -0.25) is 4.79 Å². The average Bonchev–Trinajstić information content (AvgIpc) is 1.72. The maximum Gasteiger partial charge on any atom is 0.143 e. The molecule has 0 saturated heterocycles. The summed E-state index contributed by atoms with van der Waals surface area (Å²) in [5.41, 5.74) is 0. The van der Waals surface area contributed by atoms with Gasteiger partial charge in [0.2, 0.25) is 0 Å². The molecule has 2 heteroatoms. The molecule has 0 aliphatic carbocycles. The van der Waals surface area contributed by atoms with Crippen LogP contribution in [-0.4, -0.2) is 5.78 Å². The third-order valence-electron chi connectivity index (χ3n) is 0.328. The fourth-order valence-electron chi connectivity index (χ4n) is 0.111. The van der Waals surface area contributed by atoms with Gasteiger partial charge < -0.3 is 0 Å². The minimum atomic E-state index is -0.0718. The van der Waals surface area contributed by atoms with Gasteiger partial charge >= 0.3 is 0 Å². The highest BCUT2D eigenvalue weighted by Gasteiger charge is 1.83. The first-order chi connectivity index (χ1) is 3.77. The summed E-state index contributed by atoms with van der Waals surface area (Å²) in [6.45, 7) is 5.39. The summed E-state index contributed by atoms with van der Waals surface area (Å²) in [6.07, 6.45) is 0.0417. The van der Waals surface area contributed by atoms with Gasteiger partial charge in [0.25, 0.3) is 0 Å². The predicted octanol–water partition coefficient (Wildman–Crippen LogP) is 1.52. The standard InChI is InChI=1S/C4H5NO.C2H6/c1-4(6)2-3-5;1-2/h2H2,1H3;1-2H3. The number of hydrogen-bond donors (Lipinski definition) is 0. The summed E-state index contributed by atoms with van der Waals surface area (Å²) in [5, 5.41) is 7.77. The van der Waals surface area contributed by atoms with Crippen molar-refractivity contribution < 1.29 is 4.79 Å². The highest BCUT2D eigenvalue weighted by atomic mass is 16.1. The average molecular weight is 113 g/mol. The minimum Gasteiger partial charge on any atom is -0.299 e. The first kappa shape index (κ1) is 10.2. The van der Waals surface area contributed by atoms with Gasteiger partial charge in [-0.25, -0.2) is 0 Å². The van der Waals surface area contributed by atoms with Gasteiger partial charge in [-0.2, -0.15) is 5.26 Å². The topological polar surface area (TPSA) is 40.9 Å². The lowest BCUT2D eigenvalue weighted by atomic mass is 10.3. The van der Waals surface area contributed by atoms with Crippen LogP contribution in [0.5, 0.6) is 0 Å². The van der Waals surface area contributed by atoms with Crippen molar-refractivity contribution in [3.05, 3.63) is 0 Å². The Kier molecular flexibility index (Phi) is 12.1. The van der Waals surface area contributed by atoms with E-state index in [1.807, 2.05) is 13.8 Å². The van der Waals surface area contributed by atoms with E-state index < -0.39 is 0 Å². The zero-order valence-corrected chi connectivity index (χ0v) is 5.56. The molecule has 46 valence electrons. The van der Waals surface area contributed by atoms with Crippen LogP contribution in [0.4, 0.5) is 0 Å². The molecular formula is C6H11NO. The number of hydrogen-bond acceptors (Lipinski definition) is 2. The Morgan fingerprint density at radius 3 is 2.00 bits per heavy atom. The van der Waals surface area contributed by atoms with Crippen LogP contribution in [0.25, 0.3) is 0 Å². The Labute approximate surface area is 50.1 Å². The summed E-state index contributed by atoms with van der Waals surface area (Å²) < 4.78 is 0. The fourth-order valence-corrected chi connectivity index (χ4v) is 0.111. The summed E-state index contributed by atoms with van der Waals surface area (Å²) >= 11 is 0. The molecule has 0 aliphatic rings. The lowest BCUT2D eigenvalue weighted by molar-refractivity contribution is -0.116. The number of carbonyl (C=O) groups is 1. The van der Waals surface area contributed by atoms with Crippen LogP contribution in [0.3, 0.4) is 0 Å². The van der Waals surface area contributed by atoms with Crippen molar-refractivity contribution in [2.24, 2.45) is 0 Å². The monoisotopic (exact) mass is 113 g/mol. The Morgan fingerprint density at radius 1 is 1.62 bits per heavy atom. The van der Waals surface area contributed by atoms with Crippen molar-refractivity contribution in [1.82, 2.24) is 0 Å². The zero-order chi connectivity index (χ0) is 6.99.